The van der Waals surface area contributed by atoms with Crippen LogP contribution in [0.4, 0.5) is 17.2 Å². The summed E-state index contributed by atoms with van der Waals surface area (Å²) in [6.45, 7) is 0. The predicted octanol–water partition coefficient (Wildman–Crippen LogP) is 12.4. The lowest BCUT2D eigenvalue weighted by Crippen LogP contribution is -2.12. The SMILES string of the molecule is c1cc(N(c2ccc(-c3cccc4ccccc34)cc2)c2ccc3c(n2)oc2ccccc23)cc(-n2c3ccccc3c3ccccc32)c1. The van der Waals surface area contributed by atoms with Crippen LogP contribution in [0.3, 0.4) is 0 Å². The number of nitrogens with zero attached hydrogens (tertiary/aromatic N) is 3. The Morgan fingerprint density at radius 2 is 1.12 bits per heavy atom. The van der Waals surface area contributed by atoms with Crippen LogP contribution in [0.5, 0.6) is 0 Å². The monoisotopic (exact) mass is 627 g/mol. The van der Waals surface area contributed by atoms with Gasteiger partial charge in [-0.2, -0.15) is 4.98 Å². The molecule has 10 rings (SSSR count). The van der Waals surface area contributed by atoms with Crippen LogP contribution < -0.4 is 4.90 Å². The molecule has 0 spiro atoms. The summed E-state index contributed by atoms with van der Waals surface area (Å²) in [5.74, 6) is 0.781. The largest absolute Gasteiger partial charge is 0.438 e. The Morgan fingerprint density at radius 3 is 1.92 bits per heavy atom. The van der Waals surface area contributed by atoms with Crippen molar-refractivity contribution in [2.24, 2.45) is 0 Å². The first-order chi connectivity index (χ1) is 24.3. The first-order valence-corrected chi connectivity index (χ1v) is 16.6. The van der Waals surface area contributed by atoms with Crippen molar-refractivity contribution in [1.29, 1.82) is 0 Å². The second-order valence-electron chi connectivity index (χ2n) is 12.4. The van der Waals surface area contributed by atoms with Gasteiger partial charge in [0.05, 0.1) is 11.0 Å². The zero-order valence-electron chi connectivity index (χ0n) is 26.5. The van der Waals surface area contributed by atoms with Crippen molar-refractivity contribution in [3.05, 3.63) is 176 Å². The molecule has 0 unspecified atom stereocenters. The molecule has 0 saturated carbocycles. The highest BCUT2D eigenvalue weighted by atomic mass is 16.3. The van der Waals surface area contributed by atoms with Gasteiger partial charge in [0.25, 0.3) is 0 Å². The molecule has 0 saturated heterocycles. The van der Waals surface area contributed by atoms with E-state index in [0.29, 0.717) is 5.71 Å². The van der Waals surface area contributed by atoms with Crippen LogP contribution in [0.1, 0.15) is 0 Å². The Kier molecular flexibility index (Phi) is 6.15. The summed E-state index contributed by atoms with van der Waals surface area (Å²) in [6.07, 6.45) is 0. The van der Waals surface area contributed by atoms with E-state index in [1.54, 1.807) is 0 Å². The average molecular weight is 628 g/mol. The molecule has 7 aromatic carbocycles. The molecule has 49 heavy (non-hydrogen) atoms. The van der Waals surface area contributed by atoms with E-state index in [0.717, 1.165) is 39.2 Å². The Balaban J connectivity index is 1.16. The van der Waals surface area contributed by atoms with Crippen LogP contribution in [-0.4, -0.2) is 9.55 Å². The Morgan fingerprint density at radius 1 is 0.469 bits per heavy atom. The third-order valence-electron chi connectivity index (χ3n) is 9.61. The lowest BCUT2D eigenvalue weighted by Gasteiger charge is -2.25. The highest BCUT2D eigenvalue weighted by Gasteiger charge is 2.19. The van der Waals surface area contributed by atoms with Crippen molar-refractivity contribution in [2.45, 2.75) is 0 Å². The van der Waals surface area contributed by atoms with Crippen LogP contribution in [0.2, 0.25) is 0 Å². The lowest BCUT2D eigenvalue weighted by molar-refractivity contribution is 0.654. The van der Waals surface area contributed by atoms with E-state index in [9.17, 15) is 0 Å². The molecule has 0 aliphatic rings. The number of hydrogen-bond donors (Lipinski definition) is 0. The van der Waals surface area contributed by atoms with E-state index in [-0.39, 0.29) is 0 Å². The maximum Gasteiger partial charge on any atom is 0.229 e. The summed E-state index contributed by atoms with van der Waals surface area (Å²) in [4.78, 5) is 7.35. The fourth-order valence-corrected chi connectivity index (χ4v) is 7.37. The number of anilines is 3. The van der Waals surface area contributed by atoms with Crippen molar-refractivity contribution in [3.63, 3.8) is 0 Å². The molecule has 10 aromatic rings. The van der Waals surface area contributed by atoms with Crippen molar-refractivity contribution in [2.75, 3.05) is 4.90 Å². The van der Waals surface area contributed by atoms with E-state index in [2.05, 4.69) is 167 Å². The standard InChI is InChI=1S/C45H29N3O/c1-2-15-35-30(11-1)12-9-19-36(35)31-23-25-32(26-24-31)47(44-28-27-40-39-18-5-8-22-43(39)49-45(40)46-44)33-13-10-14-34(29-33)48-41-20-6-3-16-37(41)38-17-4-7-21-42(38)48/h1-29H. The molecule has 0 radical (unpaired) electrons. The molecule has 3 aromatic heterocycles. The summed E-state index contributed by atoms with van der Waals surface area (Å²) < 4.78 is 8.62. The Bertz CT molecular complexity index is 2790. The van der Waals surface area contributed by atoms with Crippen LogP contribution in [-0.2, 0) is 0 Å². The smallest absolute Gasteiger partial charge is 0.229 e. The van der Waals surface area contributed by atoms with Crippen LogP contribution >= 0.6 is 0 Å². The molecule has 0 amide bonds. The average Bonchev–Trinajstić information content (AvgIpc) is 3.71. The van der Waals surface area contributed by atoms with Crippen LogP contribution in [0.15, 0.2) is 180 Å². The third kappa shape index (κ3) is 4.42. The summed E-state index contributed by atoms with van der Waals surface area (Å²) in [6, 6.07) is 62.1. The van der Waals surface area contributed by atoms with Gasteiger partial charge in [-0.05, 0) is 82.6 Å². The molecule has 230 valence electrons. The number of fused-ring (bicyclic) bond motifs is 7. The number of benzene rings is 7. The maximum absolute atomic E-state index is 6.27. The zero-order valence-corrected chi connectivity index (χ0v) is 26.5. The Labute approximate surface area is 282 Å². The van der Waals surface area contributed by atoms with E-state index < -0.39 is 0 Å². The van der Waals surface area contributed by atoms with Gasteiger partial charge in [-0.15, -0.1) is 0 Å². The fourth-order valence-electron chi connectivity index (χ4n) is 7.37. The number of hydrogen-bond acceptors (Lipinski definition) is 3. The van der Waals surface area contributed by atoms with Crippen LogP contribution in [0, 0.1) is 0 Å². The molecule has 0 fully saturated rings. The van der Waals surface area contributed by atoms with Gasteiger partial charge in [-0.3, -0.25) is 4.90 Å². The van der Waals surface area contributed by atoms with Crippen molar-refractivity contribution in [3.8, 4) is 16.8 Å². The minimum Gasteiger partial charge on any atom is -0.438 e. The summed E-state index contributed by atoms with van der Waals surface area (Å²) >= 11 is 0. The van der Waals surface area contributed by atoms with Gasteiger partial charge in [-0.25, -0.2) is 0 Å². The van der Waals surface area contributed by atoms with E-state index in [4.69, 9.17) is 9.40 Å². The van der Waals surface area contributed by atoms with Gasteiger partial charge in [0, 0.05) is 38.6 Å². The summed E-state index contributed by atoms with van der Waals surface area (Å²) in [7, 11) is 0. The highest BCUT2D eigenvalue weighted by molar-refractivity contribution is 6.09. The third-order valence-corrected chi connectivity index (χ3v) is 9.61. The van der Waals surface area contributed by atoms with Crippen molar-refractivity contribution in [1.82, 2.24) is 9.55 Å². The maximum atomic E-state index is 6.27. The quantitative estimate of drug-likeness (QED) is 0.190. The number of rotatable bonds is 5. The fraction of sp³-hybridized carbons (Fsp3) is 0. The molecular weight excluding hydrogens is 599 g/mol. The molecule has 0 bridgehead atoms. The zero-order chi connectivity index (χ0) is 32.3. The summed E-state index contributed by atoms with van der Waals surface area (Å²) in [5.41, 5.74) is 9.27. The Hall–Kier alpha value is -6.65. The second kappa shape index (κ2) is 11.0. The second-order valence-corrected chi connectivity index (χ2v) is 12.4. The first-order valence-electron chi connectivity index (χ1n) is 16.6. The first kappa shape index (κ1) is 27.5. The minimum atomic E-state index is 0.620. The normalized spacial score (nSPS) is 11.7. The van der Waals surface area contributed by atoms with E-state index in [1.807, 2.05) is 18.2 Å². The van der Waals surface area contributed by atoms with Crippen molar-refractivity contribution >= 4 is 71.8 Å². The molecule has 0 aliphatic heterocycles. The van der Waals surface area contributed by atoms with Gasteiger partial charge >= 0.3 is 0 Å². The molecule has 4 heteroatoms. The number of furan rings is 1. The molecule has 4 nitrogen and oxygen atoms in total. The van der Waals surface area contributed by atoms with Gasteiger partial charge < -0.3 is 8.98 Å². The van der Waals surface area contributed by atoms with Crippen molar-refractivity contribution < 1.29 is 4.42 Å². The van der Waals surface area contributed by atoms with Gasteiger partial charge in [0.1, 0.15) is 11.4 Å². The predicted molar refractivity (Wildman–Crippen MR) is 203 cm³/mol. The minimum absolute atomic E-state index is 0.620. The van der Waals surface area contributed by atoms with Gasteiger partial charge in [0.2, 0.25) is 5.71 Å². The highest BCUT2D eigenvalue weighted by Crippen LogP contribution is 2.40. The molecular formula is C45H29N3O. The molecule has 3 heterocycles. The lowest BCUT2D eigenvalue weighted by atomic mass is 9.98. The number of para-hydroxylation sites is 3. The number of aromatic nitrogens is 2. The van der Waals surface area contributed by atoms with Crippen LogP contribution in [0.25, 0.3) is 71.5 Å². The van der Waals surface area contributed by atoms with E-state index in [1.165, 1.54) is 43.7 Å². The van der Waals surface area contributed by atoms with Gasteiger partial charge in [0.15, 0.2) is 0 Å². The number of pyridine rings is 1. The molecule has 0 N–H and O–H groups in total. The summed E-state index contributed by atoms with van der Waals surface area (Å²) in [5, 5.41) is 7.02. The molecule has 0 aliphatic carbocycles. The topological polar surface area (TPSA) is 34.2 Å². The molecule has 0 atom stereocenters. The van der Waals surface area contributed by atoms with Gasteiger partial charge in [-0.1, -0.05) is 115 Å². The van der Waals surface area contributed by atoms with E-state index >= 15 is 0 Å².